The Morgan fingerprint density at radius 1 is 1.06 bits per heavy atom. The number of Topliss-reactive ketones (excluding diaryl/α,β-unsaturated/α-hetero) is 1. The van der Waals surface area contributed by atoms with Gasteiger partial charge in [-0.2, -0.15) is 4.98 Å². The van der Waals surface area contributed by atoms with Gasteiger partial charge in [-0.1, -0.05) is 19.9 Å². The molecule has 0 saturated heterocycles. The number of hydrogen-bond acceptors (Lipinski definition) is 7. The van der Waals surface area contributed by atoms with Crippen LogP contribution in [-0.4, -0.2) is 38.7 Å². The first kappa shape index (κ1) is 20.0. The van der Waals surface area contributed by atoms with Gasteiger partial charge in [0.25, 0.3) is 0 Å². The van der Waals surface area contributed by atoms with E-state index >= 15 is 0 Å². The van der Waals surface area contributed by atoms with Crippen LogP contribution in [0.1, 0.15) is 44.7 Å². The maximum atomic E-state index is 13.4. The molecule has 33 heavy (non-hydrogen) atoms. The second kappa shape index (κ2) is 7.43. The minimum Gasteiger partial charge on any atom is -0.490 e. The molecule has 4 heterocycles. The number of ketones is 1. The number of allylic oxidation sites excluding steroid dienone is 2. The van der Waals surface area contributed by atoms with Gasteiger partial charge < -0.3 is 14.8 Å². The largest absolute Gasteiger partial charge is 0.490 e. The van der Waals surface area contributed by atoms with Crippen LogP contribution in [0.5, 0.6) is 11.5 Å². The van der Waals surface area contributed by atoms with E-state index in [1.807, 2.05) is 35.0 Å². The summed E-state index contributed by atoms with van der Waals surface area (Å²) in [5.41, 5.74) is 3.36. The highest BCUT2D eigenvalue weighted by molar-refractivity contribution is 6.00. The maximum absolute atomic E-state index is 13.4. The average molecular weight is 444 g/mol. The number of aromatic nitrogens is 4. The summed E-state index contributed by atoms with van der Waals surface area (Å²) in [6.45, 7) is 5.48. The molecular formula is C25H25N5O3. The zero-order valence-electron chi connectivity index (χ0n) is 18.7. The molecule has 2 aliphatic heterocycles. The minimum absolute atomic E-state index is 0.117. The second-order valence-electron chi connectivity index (χ2n) is 9.56. The van der Waals surface area contributed by atoms with Crippen molar-refractivity contribution in [1.82, 2.24) is 19.7 Å². The molecule has 3 aromatic rings. The molecule has 0 saturated carbocycles. The van der Waals surface area contributed by atoms with Crippen LogP contribution in [0.15, 0.2) is 54.0 Å². The average Bonchev–Trinajstić information content (AvgIpc) is 3.07. The first-order chi connectivity index (χ1) is 16.0. The van der Waals surface area contributed by atoms with Crippen LogP contribution in [0.2, 0.25) is 0 Å². The molecule has 1 atom stereocenters. The molecule has 1 aromatic carbocycles. The zero-order valence-corrected chi connectivity index (χ0v) is 18.7. The molecule has 1 aliphatic carbocycles. The molecule has 8 heteroatoms. The number of hydrogen-bond donors (Lipinski definition) is 1. The standard InChI is InChI=1S/C25H25N5O3/c1-25(2)13-17-21(18(31)14-25)22(16-4-5-19-20(12-16)33-11-3-10-32-19)30-24(27-17)28-23(29-30)15-6-8-26-9-7-15/h4-9,12,22H,3,10-11,13-14H2,1-2H3,(H,27,28,29). The number of carbonyl (C=O) groups excluding carboxylic acids is 1. The Bertz CT molecular complexity index is 1280. The topological polar surface area (TPSA) is 91.2 Å². The molecule has 8 nitrogen and oxygen atoms in total. The molecule has 3 aliphatic rings. The van der Waals surface area contributed by atoms with Crippen molar-refractivity contribution in [3.63, 3.8) is 0 Å². The minimum atomic E-state index is -0.389. The van der Waals surface area contributed by atoms with Crippen LogP contribution in [0, 0.1) is 5.41 Å². The molecule has 0 spiro atoms. The summed E-state index contributed by atoms with van der Waals surface area (Å²) in [6, 6.07) is 9.28. The molecule has 2 aromatic heterocycles. The van der Waals surface area contributed by atoms with Crippen LogP contribution in [0.25, 0.3) is 11.4 Å². The quantitative estimate of drug-likeness (QED) is 0.636. The van der Waals surface area contributed by atoms with Gasteiger partial charge in [0.05, 0.1) is 13.2 Å². The first-order valence-corrected chi connectivity index (χ1v) is 11.3. The zero-order chi connectivity index (χ0) is 22.6. The summed E-state index contributed by atoms with van der Waals surface area (Å²) in [6.07, 6.45) is 5.55. The van der Waals surface area contributed by atoms with E-state index in [-0.39, 0.29) is 17.2 Å². The van der Waals surface area contributed by atoms with E-state index in [0.717, 1.165) is 41.0 Å². The fourth-order valence-electron chi connectivity index (χ4n) is 4.89. The molecular weight excluding hydrogens is 418 g/mol. The van der Waals surface area contributed by atoms with E-state index < -0.39 is 0 Å². The summed E-state index contributed by atoms with van der Waals surface area (Å²) in [4.78, 5) is 22.3. The predicted octanol–water partition coefficient (Wildman–Crippen LogP) is 4.16. The van der Waals surface area contributed by atoms with Gasteiger partial charge in [-0.3, -0.25) is 9.78 Å². The molecule has 168 valence electrons. The number of nitrogens with one attached hydrogen (secondary N) is 1. The first-order valence-electron chi connectivity index (χ1n) is 11.3. The van der Waals surface area contributed by atoms with Crippen molar-refractivity contribution < 1.29 is 14.3 Å². The number of fused-ring (bicyclic) bond motifs is 2. The highest BCUT2D eigenvalue weighted by atomic mass is 16.5. The van der Waals surface area contributed by atoms with E-state index in [4.69, 9.17) is 19.6 Å². The number of anilines is 1. The highest BCUT2D eigenvalue weighted by Gasteiger charge is 2.42. The third-order valence-electron chi connectivity index (χ3n) is 6.36. The molecule has 0 radical (unpaired) electrons. The van der Waals surface area contributed by atoms with Gasteiger partial charge in [-0.05, 0) is 41.7 Å². The summed E-state index contributed by atoms with van der Waals surface area (Å²) in [5, 5.41) is 8.25. The summed E-state index contributed by atoms with van der Waals surface area (Å²) in [7, 11) is 0. The maximum Gasteiger partial charge on any atom is 0.226 e. The Labute approximate surface area is 191 Å². The molecule has 1 N–H and O–H groups in total. The lowest BCUT2D eigenvalue weighted by atomic mass is 9.73. The van der Waals surface area contributed by atoms with E-state index in [2.05, 4.69) is 24.1 Å². The number of ether oxygens (including phenoxy) is 2. The molecule has 6 rings (SSSR count). The number of rotatable bonds is 2. The lowest BCUT2D eigenvalue weighted by Gasteiger charge is -2.38. The van der Waals surface area contributed by atoms with Gasteiger partial charge >= 0.3 is 0 Å². The Morgan fingerprint density at radius 3 is 2.67 bits per heavy atom. The van der Waals surface area contributed by atoms with Gasteiger partial charge in [0, 0.05) is 42.1 Å². The van der Waals surface area contributed by atoms with Crippen molar-refractivity contribution in [2.45, 2.75) is 39.2 Å². The van der Waals surface area contributed by atoms with Crippen molar-refractivity contribution >= 4 is 11.7 Å². The smallest absolute Gasteiger partial charge is 0.226 e. The number of benzene rings is 1. The Hall–Kier alpha value is -3.68. The molecule has 0 amide bonds. The number of nitrogens with zero attached hydrogens (tertiary/aromatic N) is 4. The SMILES string of the molecule is CC1(C)CC(=O)C2=C(C1)Nc1nc(-c3ccncc3)nn1C2c1ccc2c(c1)OCCCO2. The van der Waals surface area contributed by atoms with Crippen LogP contribution < -0.4 is 14.8 Å². The normalized spacial score (nSPS) is 21.0. The van der Waals surface area contributed by atoms with Gasteiger partial charge in [0.15, 0.2) is 23.1 Å². The van der Waals surface area contributed by atoms with E-state index in [0.29, 0.717) is 37.2 Å². The monoisotopic (exact) mass is 443 g/mol. The van der Waals surface area contributed by atoms with Crippen LogP contribution in [0.3, 0.4) is 0 Å². The van der Waals surface area contributed by atoms with Crippen molar-refractivity contribution in [2.75, 3.05) is 18.5 Å². The fourth-order valence-corrected chi connectivity index (χ4v) is 4.89. The lowest BCUT2D eigenvalue weighted by Crippen LogP contribution is -2.36. The molecule has 0 fully saturated rings. The lowest BCUT2D eigenvalue weighted by molar-refractivity contribution is -0.118. The predicted molar refractivity (Wildman–Crippen MR) is 122 cm³/mol. The van der Waals surface area contributed by atoms with E-state index in [1.165, 1.54) is 0 Å². The van der Waals surface area contributed by atoms with Crippen LogP contribution in [-0.2, 0) is 4.79 Å². The van der Waals surface area contributed by atoms with Gasteiger partial charge in [0.2, 0.25) is 5.95 Å². The van der Waals surface area contributed by atoms with Gasteiger partial charge in [-0.25, -0.2) is 4.68 Å². The Balaban J connectivity index is 1.51. The molecule has 0 bridgehead atoms. The molecule has 1 unspecified atom stereocenters. The van der Waals surface area contributed by atoms with Crippen molar-refractivity contribution in [3.05, 3.63) is 59.6 Å². The fraction of sp³-hybridized carbons (Fsp3) is 0.360. The van der Waals surface area contributed by atoms with Crippen molar-refractivity contribution in [2.24, 2.45) is 5.41 Å². The number of carbonyl (C=O) groups is 1. The van der Waals surface area contributed by atoms with E-state index in [1.54, 1.807) is 12.4 Å². The highest BCUT2D eigenvalue weighted by Crippen LogP contribution is 2.46. The Morgan fingerprint density at radius 2 is 1.85 bits per heavy atom. The Kier molecular flexibility index (Phi) is 4.50. The third kappa shape index (κ3) is 3.46. The second-order valence-corrected chi connectivity index (χ2v) is 9.56. The van der Waals surface area contributed by atoms with Crippen LogP contribution in [0.4, 0.5) is 5.95 Å². The van der Waals surface area contributed by atoms with Crippen molar-refractivity contribution in [3.8, 4) is 22.9 Å². The summed E-state index contributed by atoms with van der Waals surface area (Å²) in [5.74, 6) is 2.78. The summed E-state index contributed by atoms with van der Waals surface area (Å²) < 4.78 is 13.6. The van der Waals surface area contributed by atoms with E-state index in [9.17, 15) is 4.79 Å². The van der Waals surface area contributed by atoms with Gasteiger partial charge in [-0.15, -0.1) is 5.10 Å². The van der Waals surface area contributed by atoms with Crippen molar-refractivity contribution in [1.29, 1.82) is 0 Å². The van der Waals surface area contributed by atoms with Crippen LogP contribution >= 0.6 is 0 Å². The number of pyridine rings is 1. The third-order valence-corrected chi connectivity index (χ3v) is 6.36. The summed E-state index contributed by atoms with van der Waals surface area (Å²) >= 11 is 0. The van der Waals surface area contributed by atoms with Gasteiger partial charge in [0.1, 0.15) is 6.04 Å².